The van der Waals surface area contributed by atoms with Gasteiger partial charge in [-0.25, -0.2) is 8.78 Å². The molecule has 1 aromatic carbocycles. The second-order valence-electron chi connectivity index (χ2n) is 3.44. The fourth-order valence-corrected chi connectivity index (χ4v) is 1.38. The van der Waals surface area contributed by atoms with E-state index in [9.17, 15) is 8.78 Å². The molecule has 0 aliphatic carbocycles. The number of nitrogens with one attached hydrogen (secondary N) is 1. The molecule has 20 heavy (non-hydrogen) atoms. The molecule has 1 N–H and O–H groups in total. The van der Waals surface area contributed by atoms with E-state index in [2.05, 4.69) is 4.98 Å². The van der Waals surface area contributed by atoms with Crippen molar-refractivity contribution < 1.29 is 28.4 Å². The first-order valence-electron chi connectivity index (χ1n) is 5.35. The van der Waals surface area contributed by atoms with Gasteiger partial charge in [0.25, 0.3) is 6.43 Å². The van der Waals surface area contributed by atoms with Gasteiger partial charge in [-0.1, -0.05) is 11.6 Å². The minimum absolute atomic E-state index is 0.0755. The first-order chi connectivity index (χ1) is 9.56. The second-order valence-corrected chi connectivity index (χ2v) is 3.88. The third kappa shape index (κ3) is 5.19. The topological polar surface area (TPSA) is 63.5 Å². The number of alkyl halides is 2. The van der Waals surface area contributed by atoms with E-state index in [4.69, 9.17) is 26.2 Å². The van der Waals surface area contributed by atoms with Gasteiger partial charge in [-0.15, -0.1) is 0 Å². The number of ether oxygens (including phenoxy) is 1. The van der Waals surface area contributed by atoms with Gasteiger partial charge in [0.1, 0.15) is 5.75 Å². The van der Waals surface area contributed by atoms with Crippen LogP contribution in [0.15, 0.2) is 42.6 Å². The lowest BCUT2D eigenvalue weighted by molar-refractivity contribution is -0.392. The van der Waals surface area contributed by atoms with Gasteiger partial charge in [0.2, 0.25) is 0 Å². The molecule has 0 amide bonds. The van der Waals surface area contributed by atoms with Gasteiger partial charge in [0, 0.05) is 11.5 Å². The van der Waals surface area contributed by atoms with E-state index in [0.29, 0.717) is 16.7 Å². The molecule has 0 aliphatic heterocycles. The van der Waals surface area contributed by atoms with Crippen LogP contribution in [0.25, 0.3) is 0 Å². The monoisotopic (exact) mass is 301 g/mol. The number of aromatic amines is 1. The summed E-state index contributed by atoms with van der Waals surface area (Å²) in [5.74, 6) is 0.965. The highest BCUT2D eigenvalue weighted by atomic mass is 35.5. The molecular formula is C13H10ClF2NO3. The van der Waals surface area contributed by atoms with Crippen LogP contribution in [0, 0.1) is 0 Å². The number of hydrogen-bond acceptors (Lipinski definition) is 3. The van der Waals surface area contributed by atoms with Gasteiger partial charge in [-0.2, -0.15) is 4.98 Å². The molecule has 0 fully saturated rings. The van der Waals surface area contributed by atoms with E-state index in [0.717, 1.165) is 0 Å². The zero-order valence-electron chi connectivity index (χ0n) is 10.1. The van der Waals surface area contributed by atoms with Crippen LogP contribution in [0.5, 0.6) is 11.6 Å². The summed E-state index contributed by atoms with van der Waals surface area (Å²) < 4.78 is 30.0. The van der Waals surface area contributed by atoms with E-state index in [1.165, 1.54) is 18.3 Å². The molecule has 0 unspecified atom stereocenters. The molecule has 106 valence electrons. The SMILES string of the molecule is FC(F)c1ccc(Oc2ccc(Cl)cc2)[nH+]c1.O=C[O-]. The number of benzene rings is 1. The minimum atomic E-state index is -2.49. The Bertz CT molecular complexity index is 532. The van der Waals surface area contributed by atoms with Crippen LogP contribution in [0.3, 0.4) is 0 Å². The number of carboxylic acid groups (broad SMARTS) is 1. The lowest BCUT2D eigenvalue weighted by Crippen LogP contribution is -2.07. The lowest BCUT2D eigenvalue weighted by atomic mass is 10.3. The fourth-order valence-electron chi connectivity index (χ4n) is 1.25. The Morgan fingerprint density at radius 3 is 2.25 bits per heavy atom. The molecule has 0 saturated heterocycles. The molecule has 4 nitrogen and oxygen atoms in total. The molecule has 2 rings (SSSR count). The number of carbonyl (C=O) groups excluding carboxylic acids is 1. The van der Waals surface area contributed by atoms with Crippen molar-refractivity contribution in [3.8, 4) is 11.6 Å². The third-order valence-electron chi connectivity index (χ3n) is 2.10. The molecular weight excluding hydrogens is 292 g/mol. The average molecular weight is 302 g/mol. The highest BCUT2D eigenvalue weighted by Crippen LogP contribution is 2.22. The minimum Gasteiger partial charge on any atom is -0.554 e. The second kappa shape index (κ2) is 8.06. The van der Waals surface area contributed by atoms with E-state index in [1.54, 1.807) is 24.3 Å². The predicted octanol–water partition coefficient (Wildman–Crippen LogP) is 2.25. The molecule has 0 atom stereocenters. The Kier molecular flexibility index (Phi) is 6.39. The van der Waals surface area contributed by atoms with Gasteiger partial charge in [0.15, 0.2) is 6.20 Å². The number of aromatic nitrogens is 1. The van der Waals surface area contributed by atoms with Crippen LogP contribution in [-0.2, 0) is 4.79 Å². The van der Waals surface area contributed by atoms with E-state index in [-0.39, 0.29) is 5.56 Å². The summed E-state index contributed by atoms with van der Waals surface area (Å²) in [4.78, 5) is 10.9. The number of halogens is 3. The van der Waals surface area contributed by atoms with Crippen LogP contribution < -0.4 is 14.8 Å². The van der Waals surface area contributed by atoms with E-state index < -0.39 is 12.9 Å². The number of H-pyrrole nitrogens is 1. The summed E-state index contributed by atoms with van der Waals surface area (Å²) in [5.41, 5.74) is -0.0755. The Hall–Kier alpha value is -2.21. The maximum atomic E-state index is 12.3. The van der Waals surface area contributed by atoms with Crippen LogP contribution in [-0.4, -0.2) is 6.47 Å². The summed E-state index contributed by atoms with van der Waals surface area (Å²) in [7, 11) is 0. The first-order valence-corrected chi connectivity index (χ1v) is 5.73. The van der Waals surface area contributed by atoms with Crippen molar-refractivity contribution in [2.24, 2.45) is 0 Å². The zero-order chi connectivity index (χ0) is 15.0. The summed E-state index contributed by atoms with van der Waals surface area (Å²) in [6, 6.07) is 9.52. The van der Waals surface area contributed by atoms with Gasteiger partial charge in [-0.05, 0) is 30.3 Å². The van der Waals surface area contributed by atoms with Crippen LogP contribution in [0.1, 0.15) is 12.0 Å². The standard InChI is InChI=1S/C12H8ClF2NO.CH2O2/c13-9-2-4-10(5-3-9)17-11-6-1-8(7-16-11)12(14)15;2-1-3/h1-7,12H;1H,(H,2,3). The van der Waals surface area contributed by atoms with E-state index >= 15 is 0 Å². The Morgan fingerprint density at radius 2 is 1.80 bits per heavy atom. The maximum Gasteiger partial charge on any atom is 0.371 e. The van der Waals surface area contributed by atoms with Crippen molar-refractivity contribution in [1.82, 2.24) is 0 Å². The summed E-state index contributed by atoms with van der Waals surface area (Å²) in [5, 5.41) is 8.86. The fraction of sp³-hybridized carbons (Fsp3) is 0.0769. The molecule has 7 heteroatoms. The van der Waals surface area contributed by atoms with Gasteiger partial charge < -0.3 is 14.6 Å². The molecule has 0 radical (unpaired) electrons. The molecule has 0 saturated carbocycles. The smallest absolute Gasteiger partial charge is 0.371 e. The van der Waals surface area contributed by atoms with Crippen molar-refractivity contribution in [3.05, 3.63) is 53.2 Å². The lowest BCUT2D eigenvalue weighted by Gasteiger charge is -2.01. The van der Waals surface area contributed by atoms with Crippen LogP contribution in [0.2, 0.25) is 5.02 Å². The largest absolute Gasteiger partial charge is 0.554 e. The van der Waals surface area contributed by atoms with E-state index in [1.807, 2.05) is 0 Å². The molecule has 2 aromatic rings. The number of pyridine rings is 1. The van der Waals surface area contributed by atoms with Crippen molar-refractivity contribution in [3.63, 3.8) is 0 Å². The number of carbonyl (C=O) groups is 1. The first kappa shape index (κ1) is 15.8. The summed E-state index contributed by atoms with van der Waals surface area (Å²) in [6.45, 7) is -0.500. The molecule has 0 spiro atoms. The number of hydrogen-bond donors (Lipinski definition) is 0. The van der Waals surface area contributed by atoms with Crippen LogP contribution in [0.4, 0.5) is 8.78 Å². The maximum absolute atomic E-state index is 12.3. The molecule has 1 aromatic heterocycles. The quantitative estimate of drug-likeness (QED) is 0.817. The summed E-state index contributed by atoms with van der Waals surface area (Å²) in [6.07, 6.45) is -1.27. The number of rotatable bonds is 3. The van der Waals surface area contributed by atoms with Crippen LogP contribution >= 0.6 is 11.6 Å². The zero-order valence-corrected chi connectivity index (χ0v) is 10.8. The highest BCUT2D eigenvalue weighted by molar-refractivity contribution is 6.30. The average Bonchev–Trinajstić information content (AvgIpc) is 2.43. The van der Waals surface area contributed by atoms with Crippen molar-refractivity contribution in [2.45, 2.75) is 6.43 Å². The summed E-state index contributed by atoms with van der Waals surface area (Å²) >= 11 is 5.72. The van der Waals surface area contributed by atoms with Crippen molar-refractivity contribution >= 4 is 18.1 Å². The van der Waals surface area contributed by atoms with Gasteiger partial charge in [0.05, 0.1) is 11.6 Å². The van der Waals surface area contributed by atoms with Gasteiger partial charge >= 0.3 is 5.88 Å². The molecule has 1 heterocycles. The third-order valence-corrected chi connectivity index (χ3v) is 2.35. The molecule has 0 aliphatic rings. The highest BCUT2D eigenvalue weighted by Gasteiger charge is 2.11. The Labute approximate surface area is 118 Å². The Balaban J connectivity index is 0.000000612. The van der Waals surface area contributed by atoms with Crippen molar-refractivity contribution in [2.75, 3.05) is 0 Å². The van der Waals surface area contributed by atoms with Gasteiger partial charge in [-0.3, -0.25) is 0 Å². The normalized spacial score (nSPS) is 9.60. The van der Waals surface area contributed by atoms with Crippen molar-refractivity contribution in [1.29, 1.82) is 0 Å². The predicted molar refractivity (Wildman–Crippen MR) is 65.5 cm³/mol. The molecule has 0 bridgehead atoms. The Morgan fingerprint density at radius 1 is 1.20 bits per heavy atom.